The first-order chi connectivity index (χ1) is 10.9. The Morgan fingerprint density at radius 3 is 2.91 bits per heavy atom. The summed E-state index contributed by atoms with van der Waals surface area (Å²) in [7, 11) is 0. The smallest absolute Gasteiger partial charge is 0.212 e. The van der Waals surface area contributed by atoms with Gasteiger partial charge in [0.1, 0.15) is 0 Å². The summed E-state index contributed by atoms with van der Waals surface area (Å²) in [5.74, 6) is 0.981. The number of rotatable bonds is 4. The summed E-state index contributed by atoms with van der Waals surface area (Å²) in [5, 5.41) is 16.1. The van der Waals surface area contributed by atoms with Gasteiger partial charge in [0.25, 0.3) is 0 Å². The molecule has 0 saturated carbocycles. The monoisotopic (exact) mass is 315 g/mol. The summed E-state index contributed by atoms with van der Waals surface area (Å²) in [6, 6.07) is 8.13. The first-order valence-corrected chi connectivity index (χ1v) is 8.42. The molecule has 3 aromatic rings. The molecule has 114 valence electrons. The molecular formula is C15H17N5OS. The van der Waals surface area contributed by atoms with Gasteiger partial charge in [-0.2, -0.15) is 9.61 Å². The Balaban J connectivity index is 1.51. The Labute approximate surface area is 132 Å². The lowest BCUT2D eigenvalue weighted by Gasteiger charge is -2.26. The summed E-state index contributed by atoms with van der Waals surface area (Å²) in [5.41, 5.74) is 0.826. The molecule has 6 nitrogen and oxygen atoms in total. The molecule has 0 spiro atoms. The molecule has 0 N–H and O–H groups in total. The van der Waals surface area contributed by atoms with Crippen LogP contribution in [0.3, 0.4) is 0 Å². The number of morpholine rings is 1. The van der Waals surface area contributed by atoms with Crippen LogP contribution in [0.4, 0.5) is 0 Å². The quantitative estimate of drug-likeness (QED) is 0.683. The van der Waals surface area contributed by atoms with Crippen molar-refractivity contribution >= 4 is 28.2 Å². The molecule has 22 heavy (non-hydrogen) atoms. The number of ether oxygens (including phenoxy) is 1. The first-order valence-electron chi connectivity index (χ1n) is 7.44. The van der Waals surface area contributed by atoms with Crippen LogP contribution in [0, 0.1) is 0 Å². The Morgan fingerprint density at radius 2 is 2.00 bits per heavy atom. The van der Waals surface area contributed by atoms with Gasteiger partial charge in [-0.05, 0) is 0 Å². The van der Waals surface area contributed by atoms with Crippen LogP contribution in [0.5, 0.6) is 0 Å². The van der Waals surface area contributed by atoms with E-state index in [1.54, 1.807) is 11.8 Å². The van der Waals surface area contributed by atoms with Crippen molar-refractivity contribution in [1.29, 1.82) is 0 Å². The van der Waals surface area contributed by atoms with Crippen molar-refractivity contribution in [2.24, 2.45) is 0 Å². The largest absolute Gasteiger partial charge is 0.379 e. The van der Waals surface area contributed by atoms with E-state index in [1.165, 1.54) is 0 Å². The molecule has 0 bridgehead atoms. The maximum atomic E-state index is 5.37. The second-order valence-corrected chi connectivity index (χ2v) is 6.31. The molecule has 0 atom stereocenters. The first kappa shape index (κ1) is 13.9. The highest BCUT2D eigenvalue weighted by atomic mass is 32.2. The summed E-state index contributed by atoms with van der Waals surface area (Å²) < 4.78 is 7.21. The molecular weight excluding hydrogens is 298 g/mol. The zero-order valence-electron chi connectivity index (χ0n) is 12.2. The van der Waals surface area contributed by atoms with Crippen LogP contribution in [0.2, 0.25) is 0 Å². The van der Waals surface area contributed by atoms with Crippen molar-refractivity contribution in [3.63, 3.8) is 0 Å². The van der Waals surface area contributed by atoms with Gasteiger partial charge in [-0.3, -0.25) is 4.90 Å². The topological polar surface area (TPSA) is 55.5 Å². The van der Waals surface area contributed by atoms with Gasteiger partial charge in [-0.15, -0.1) is 10.2 Å². The minimum atomic E-state index is 0.826. The van der Waals surface area contributed by atoms with Crippen LogP contribution < -0.4 is 0 Å². The number of nitrogens with zero attached hydrogens (tertiary/aromatic N) is 5. The minimum absolute atomic E-state index is 0.826. The van der Waals surface area contributed by atoms with Crippen molar-refractivity contribution in [3.8, 4) is 0 Å². The zero-order chi connectivity index (χ0) is 14.8. The summed E-state index contributed by atoms with van der Waals surface area (Å²) >= 11 is 1.70. The van der Waals surface area contributed by atoms with Crippen molar-refractivity contribution < 1.29 is 4.74 Å². The third kappa shape index (κ3) is 2.67. The molecule has 3 heterocycles. The van der Waals surface area contributed by atoms with E-state index in [-0.39, 0.29) is 0 Å². The lowest BCUT2D eigenvalue weighted by atomic mass is 10.2. The molecule has 0 aliphatic carbocycles. The van der Waals surface area contributed by atoms with E-state index in [2.05, 4.69) is 26.3 Å². The molecule has 1 aliphatic heterocycles. The molecule has 1 fully saturated rings. The Kier molecular flexibility index (Phi) is 3.92. The van der Waals surface area contributed by atoms with E-state index in [9.17, 15) is 0 Å². The molecule has 1 aliphatic rings. The number of hydrogen-bond donors (Lipinski definition) is 0. The predicted octanol–water partition coefficient (Wildman–Crippen LogP) is 1.70. The SMILES string of the molecule is c1ccc2c(c1)cnn1c(SCCN3CCOCC3)nnc21. The second kappa shape index (κ2) is 6.20. The van der Waals surface area contributed by atoms with E-state index < -0.39 is 0 Å². The maximum absolute atomic E-state index is 5.37. The Morgan fingerprint density at radius 1 is 1.14 bits per heavy atom. The van der Waals surface area contributed by atoms with Gasteiger partial charge in [0.2, 0.25) is 5.16 Å². The number of benzene rings is 1. The number of thioether (sulfide) groups is 1. The van der Waals surface area contributed by atoms with Gasteiger partial charge in [0.15, 0.2) is 5.65 Å². The molecule has 1 aromatic carbocycles. The van der Waals surface area contributed by atoms with Gasteiger partial charge < -0.3 is 4.74 Å². The standard InChI is InChI=1S/C15H17N5OS/c1-2-4-13-12(3-1)11-16-20-14(13)17-18-15(20)22-10-7-19-5-8-21-9-6-19/h1-4,11H,5-10H2. The Bertz CT molecular complexity index is 784. The highest BCUT2D eigenvalue weighted by Gasteiger charge is 2.13. The van der Waals surface area contributed by atoms with Crippen LogP contribution in [-0.2, 0) is 4.74 Å². The van der Waals surface area contributed by atoms with Crippen LogP contribution in [0.15, 0.2) is 35.6 Å². The fraction of sp³-hybridized carbons (Fsp3) is 0.400. The maximum Gasteiger partial charge on any atom is 0.212 e. The fourth-order valence-electron chi connectivity index (χ4n) is 2.65. The van der Waals surface area contributed by atoms with Gasteiger partial charge in [0.05, 0.1) is 19.4 Å². The number of hydrogen-bond acceptors (Lipinski definition) is 6. The van der Waals surface area contributed by atoms with E-state index in [1.807, 2.05) is 28.9 Å². The average Bonchev–Trinajstić information content (AvgIpc) is 2.99. The third-order valence-electron chi connectivity index (χ3n) is 3.87. The second-order valence-electron chi connectivity index (χ2n) is 5.25. The highest BCUT2D eigenvalue weighted by Crippen LogP contribution is 2.21. The minimum Gasteiger partial charge on any atom is -0.379 e. The number of fused-ring (bicyclic) bond motifs is 3. The molecule has 1 saturated heterocycles. The molecule has 0 radical (unpaired) electrons. The molecule has 2 aromatic heterocycles. The average molecular weight is 315 g/mol. The normalized spacial score (nSPS) is 16.5. The van der Waals surface area contributed by atoms with Crippen molar-refractivity contribution in [2.75, 3.05) is 38.6 Å². The van der Waals surface area contributed by atoms with Gasteiger partial charge in [0, 0.05) is 36.2 Å². The van der Waals surface area contributed by atoms with Crippen molar-refractivity contribution in [2.45, 2.75) is 5.16 Å². The number of aromatic nitrogens is 4. The molecule has 0 unspecified atom stereocenters. The van der Waals surface area contributed by atoms with Crippen LogP contribution in [-0.4, -0.2) is 63.3 Å². The third-order valence-corrected chi connectivity index (χ3v) is 4.77. The fourth-order valence-corrected chi connectivity index (χ4v) is 3.54. The van der Waals surface area contributed by atoms with Crippen LogP contribution in [0.1, 0.15) is 0 Å². The zero-order valence-corrected chi connectivity index (χ0v) is 13.0. The summed E-state index contributed by atoms with van der Waals surface area (Å²) in [6.45, 7) is 4.75. The van der Waals surface area contributed by atoms with Crippen LogP contribution in [0.25, 0.3) is 16.4 Å². The van der Waals surface area contributed by atoms with Crippen molar-refractivity contribution in [3.05, 3.63) is 30.5 Å². The van der Waals surface area contributed by atoms with E-state index >= 15 is 0 Å². The van der Waals surface area contributed by atoms with Gasteiger partial charge in [-0.25, -0.2) is 0 Å². The van der Waals surface area contributed by atoms with E-state index in [0.29, 0.717) is 0 Å². The lowest BCUT2D eigenvalue weighted by Crippen LogP contribution is -2.37. The van der Waals surface area contributed by atoms with Gasteiger partial charge in [-0.1, -0.05) is 36.0 Å². The predicted molar refractivity (Wildman–Crippen MR) is 86.3 cm³/mol. The van der Waals surface area contributed by atoms with E-state index in [0.717, 1.165) is 60.2 Å². The van der Waals surface area contributed by atoms with E-state index in [4.69, 9.17) is 4.74 Å². The lowest BCUT2D eigenvalue weighted by molar-refractivity contribution is 0.0410. The molecule has 0 amide bonds. The van der Waals surface area contributed by atoms with Crippen molar-refractivity contribution in [1.82, 2.24) is 24.7 Å². The van der Waals surface area contributed by atoms with Crippen LogP contribution >= 0.6 is 11.8 Å². The van der Waals surface area contributed by atoms with Gasteiger partial charge >= 0.3 is 0 Å². The molecule has 7 heteroatoms. The molecule has 4 rings (SSSR count). The summed E-state index contributed by atoms with van der Waals surface area (Å²) in [6.07, 6.45) is 1.87. The highest BCUT2D eigenvalue weighted by molar-refractivity contribution is 7.99. The summed E-state index contributed by atoms with van der Waals surface area (Å²) in [4.78, 5) is 2.42. The Hall–Kier alpha value is -1.70.